The highest BCUT2D eigenvalue weighted by molar-refractivity contribution is 6.14. The van der Waals surface area contributed by atoms with Crippen molar-refractivity contribution in [2.45, 2.75) is 63.6 Å². The number of pyridine rings is 2. The zero-order chi connectivity index (χ0) is 42.2. The molecule has 0 bridgehead atoms. The number of imide groups is 1. The number of hydrazone groups is 1. The minimum Gasteiger partial charge on any atom is -0.480 e. The summed E-state index contributed by atoms with van der Waals surface area (Å²) in [5.41, 5.74) is 5.92. The summed E-state index contributed by atoms with van der Waals surface area (Å²) in [7, 11) is 0. The lowest BCUT2D eigenvalue weighted by Crippen LogP contribution is -2.48. The number of carbonyl (C=O) groups excluding carboxylic acids is 6. The zero-order valence-electron chi connectivity index (χ0n) is 32.6. The van der Waals surface area contributed by atoms with Crippen molar-refractivity contribution in [3.05, 3.63) is 114 Å². The van der Waals surface area contributed by atoms with Crippen LogP contribution in [0.15, 0.2) is 96.5 Å². The number of urea groups is 1. The predicted octanol–water partition coefficient (Wildman–Crippen LogP) is 3.46. The van der Waals surface area contributed by atoms with E-state index in [1.807, 2.05) is 60.7 Å². The molecular weight excluding hydrogens is 771 g/mol. The summed E-state index contributed by atoms with van der Waals surface area (Å²) in [6, 6.07) is 17.3. The first-order valence-corrected chi connectivity index (χ1v) is 19.7. The van der Waals surface area contributed by atoms with E-state index in [0.717, 1.165) is 57.4 Å². The summed E-state index contributed by atoms with van der Waals surface area (Å²) in [4.78, 5) is 98.0. The third kappa shape index (κ3) is 9.86. The Kier molecular flexibility index (Phi) is 12.6. The van der Waals surface area contributed by atoms with Gasteiger partial charge in [0.25, 0.3) is 17.7 Å². The molecule has 0 saturated carbocycles. The largest absolute Gasteiger partial charge is 0.480 e. The van der Waals surface area contributed by atoms with E-state index in [9.17, 15) is 38.7 Å². The number of aliphatic carboxylic acids is 1. The number of carbonyl (C=O) groups is 7. The van der Waals surface area contributed by atoms with Crippen molar-refractivity contribution in [1.29, 1.82) is 0 Å². The molecule has 308 valence electrons. The summed E-state index contributed by atoms with van der Waals surface area (Å²) in [6.07, 6.45) is 9.73. The average molecular weight is 814 g/mol. The van der Waals surface area contributed by atoms with E-state index in [-0.39, 0.29) is 18.5 Å². The molecule has 60 heavy (non-hydrogen) atoms. The molecule has 3 aliphatic rings. The summed E-state index contributed by atoms with van der Waals surface area (Å²) >= 11 is 0. The standard InChI is InChI=1S/C43H43N9O8/c53-37(22-36(42(58)59)48-38(54)26-51-39(55)13-14-40(51)56)46-16-3-1-2-4-19-52-41(57)33(29-8-7-27-6-5-17-45-34(27)20-29)21-35(49-52)28-9-11-32(12-10-28)47-43(60)50-24-30-15-18-44-23-31(30)25-50/h5-15,17-18,20,23,33,36H,1-4,16,19,21-22,24-26H2,(H,46,53)(H,47,60)(H,48,54)(H,58,59)/t33?,36-/m1/s1. The Morgan fingerprint density at radius 3 is 2.38 bits per heavy atom. The fourth-order valence-electron chi connectivity index (χ4n) is 7.30. The number of hydrogen-bond donors (Lipinski definition) is 4. The second-order valence-corrected chi connectivity index (χ2v) is 14.8. The van der Waals surface area contributed by atoms with Crippen LogP contribution in [0.5, 0.6) is 0 Å². The molecule has 7 amide bonds. The number of unbranched alkanes of at least 4 members (excludes halogenated alkanes) is 3. The molecule has 17 heteroatoms. The Labute approximate surface area is 344 Å². The van der Waals surface area contributed by atoms with Gasteiger partial charge in [-0.15, -0.1) is 0 Å². The second-order valence-electron chi connectivity index (χ2n) is 14.8. The molecule has 7 rings (SSSR count). The summed E-state index contributed by atoms with van der Waals surface area (Å²) < 4.78 is 0. The van der Waals surface area contributed by atoms with E-state index in [2.05, 4.69) is 25.9 Å². The molecule has 0 spiro atoms. The molecular formula is C43H43N9O8. The van der Waals surface area contributed by atoms with Crippen molar-refractivity contribution in [3.63, 3.8) is 0 Å². The van der Waals surface area contributed by atoms with E-state index < -0.39 is 54.5 Å². The highest BCUT2D eigenvalue weighted by Crippen LogP contribution is 2.32. The average Bonchev–Trinajstić information content (AvgIpc) is 3.83. The Morgan fingerprint density at radius 2 is 1.62 bits per heavy atom. The third-order valence-electron chi connectivity index (χ3n) is 10.6. The van der Waals surface area contributed by atoms with Gasteiger partial charge in [-0.1, -0.05) is 43.2 Å². The first-order chi connectivity index (χ1) is 29.0. The van der Waals surface area contributed by atoms with E-state index in [1.54, 1.807) is 23.5 Å². The van der Waals surface area contributed by atoms with Crippen LogP contribution in [0.25, 0.3) is 10.9 Å². The summed E-state index contributed by atoms with van der Waals surface area (Å²) in [5.74, 6) is -4.88. The molecule has 0 fully saturated rings. The van der Waals surface area contributed by atoms with Crippen LogP contribution in [0.4, 0.5) is 10.5 Å². The quantitative estimate of drug-likeness (QED) is 0.0953. The molecule has 2 aromatic heterocycles. The number of fused-ring (bicyclic) bond motifs is 2. The highest BCUT2D eigenvalue weighted by atomic mass is 16.4. The summed E-state index contributed by atoms with van der Waals surface area (Å²) in [5, 5.41) is 24.7. The smallest absolute Gasteiger partial charge is 0.326 e. The van der Waals surface area contributed by atoms with Crippen LogP contribution in [0.3, 0.4) is 0 Å². The van der Waals surface area contributed by atoms with Crippen LogP contribution in [0, 0.1) is 0 Å². The van der Waals surface area contributed by atoms with Gasteiger partial charge in [-0.05, 0) is 65.4 Å². The molecule has 1 unspecified atom stereocenters. The minimum atomic E-state index is -1.55. The van der Waals surface area contributed by atoms with E-state index in [4.69, 9.17) is 5.10 Å². The van der Waals surface area contributed by atoms with E-state index >= 15 is 0 Å². The molecule has 17 nitrogen and oxygen atoms in total. The highest BCUT2D eigenvalue weighted by Gasteiger charge is 2.33. The maximum absolute atomic E-state index is 14.0. The Bertz CT molecular complexity index is 2360. The lowest BCUT2D eigenvalue weighted by atomic mass is 9.88. The Hall–Kier alpha value is -7.30. The third-order valence-corrected chi connectivity index (χ3v) is 10.6. The number of carboxylic acid groups (broad SMARTS) is 1. The molecule has 4 N–H and O–H groups in total. The predicted molar refractivity (Wildman–Crippen MR) is 218 cm³/mol. The molecule has 4 aromatic rings. The molecule has 5 heterocycles. The number of rotatable bonds is 16. The van der Waals surface area contributed by atoms with Gasteiger partial charge in [0.05, 0.1) is 23.6 Å². The van der Waals surface area contributed by atoms with Crippen molar-refractivity contribution in [1.82, 2.24) is 35.4 Å². The van der Waals surface area contributed by atoms with Gasteiger partial charge in [0, 0.05) is 74.4 Å². The van der Waals surface area contributed by atoms with Gasteiger partial charge in [0.2, 0.25) is 11.8 Å². The van der Waals surface area contributed by atoms with Crippen molar-refractivity contribution < 1.29 is 38.7 Å². The maximum Gasteiger partial charge on any atom is 0.326 e. The number of benzene rings is 2. The first-order valence-electron chi connectivity index (χ1n) is 19.7. The van der Waals surface area contributed by atoms with Crippen LogP contribution < -0.4 is 16.0 Å². The van der Waals surface area contributed by atoms with Gasteiger partial charge >= 0.3 is 12.0 Å². The van der Waals surface area contributed by atoms with Gasteiger partial charge in [0.15, 0.2) is 0 Å². The summed E-state index contributed by atoms with van der Waals surface area (Å²) in [6.45, 7) is 0.976. The van der Waals surface area contributed by atoms with Crippen molar-refractivity contribution >= 4 is 63.8 Å². The van der Waals surface area contributed by atoms with Gasteiger partial charge in [-0.3, -0.25) is 38.8 Å². The molecule has 2 atom stereocenters. The lowest BCUT2D eigenvalue weighted by molar-refractivity contribution is -0.145. The molecule has 0 radical (unpaired) electrons. The van der Waals surface area contributed by atoms with Crippen LogP contribution in [-0.4, -0.2) is 103 Å². The monoisotopic (exact) mass is 813 g/mol. The van der Waals surface area contributed by atoms with Gasteiger partial charge in [-0.2, -0.15) is 5.10 Å². The number of anilines is 1. The maximum atomic E-state index is 14.0. The molecule has 3 aliphatic heterocycles. The Balaban J connectivity index is 0.917. The molecule has 0 aliphatic carbocycles. The SMILES string of the molecule is O=C(C[C@@H](NC(=O)CN1C(=O)C=CC1=O)C(=O)O)NCCCCCCN1N=C(c2ccc(NC(=O)N3Cc4ccncc4C3)cc2)CC(c2ccc3cccnc3c2)C1=O. The number of nitrogens with one attached hydrogen (secondary N) is 3. The van der Waals surface area contributed by atoms with Crippen LogP contribution in [0.1, 0.15) is 66.7 Å². The Morgan fingerprint density at radius 1 is 0.850 bits per heavy atom. The fraction of sp³-hybridized carbons (Fsp3) is 0.302. The van der Waals surface area contributed by atoms with Crippen LogP contribution >= 0.6 is 0 Å². The fourth-order valence-corrected chi connectivity index (χ4v) is 7.30. The van der Waals surface area contributed by atoms with E-state index in [0.29, 0.717) is 55.9 Å². The van der Waals surface area contributed by atoms with Crippen molar-refractivity contribution in [2.24, 2.45) is 5.10 Å². The van der Waals surface area contributed by atoms with Gasteiger partial charge in [-0.25, -0.2) is 14.6 Å². The zero-order valence-corrected chi connectivity index (χ0v) is 32.6. The number of hydrogen-bond acceptors (Lipinski definition) is 10. The first kappa shape index (κ1) is 40.9. The number of amides is 7. The lowest BCUT2D eigenvalue weighted by Gasteiger charge is -2.30. The second kappa shape index (κ2) is 18.5. The molecule has 2 aromatic carbocycles. The number of nitrogens with zero attached hydrogens (tertiary/aromatic N) is 6. The molecule has 0 saturated heterocycles. The van der Waals surface area contributed by atoms with Gasteiger partial charge < -0.3 is 26.0 Å². The topological polar surface area (TPSA) is 224 Å². The van der Waals surface area contributed by atoms with Crippen LogP contribution in [0.2, 0.25) is 0 Å². The van der Waals surface area contributed by atoms with Crippen molar-refractivity contribution in [2.75, 3.05) is 25.0 Å². The van der Waals surface area contributed by atoms with Gasteiger partial charge in [0.1, 0.15) is 12.6 Å². The minimum absolute atomic E-state index is 0.123. The number of aromatic nitrogens is 2. The normalized spacial score (nSPS) is 16.5. The number of carboxylic acids is 1. The van der Waals surface area contributed by atoms with Crippen molar-refractivity contribution in [3.8, 4) is 0 Å². The van der Waals surface area contributed by atoms with E-state index in [1.165, 1.54) is 5.01 Å². The van der Waals surface area contributed by atoms with Crippen LogP contribution in [-0.2, 0) is 41.9 Å².